The fourth-order valence-electron chi connectivity index (χ4n) is 1.60. The van der Waals surface area contributed by atoms with Crippen molar-refractivity contribution in [3.8, 4) is 11.5 Å². The van der Waals surface area contributed by atoms with Crippen LogP contribution in [0.5, 0.6) is 0 Å². The molecule has 0 aliphatic heterocycles. The van der Waals surface area contributed by atoms with Crippen LogP contribution in [-0.4, -0.2) is 30.9 Å². The first-order chi connectivity index (χ1) is 8.86. The van der Waals surface area contributed by atoms with Crippen LogP contribution in [-0.2, 0) is 16.3 Å². The number of sulfone groups is 1. The van der Waals surface area contributed by atoms with Gasteiger partial charge >= 0.3 is 0 Å². The molecule has 1 atom stereocenters. The third-order valence-electron chi connectivity index (χ3n) is 2.48. The Morgan fingerprint density at radius 2 is 2.16 bits per heavy atom. The topological polar surface area (TPSA) is 99.1 Å². The maximum atomic E-state index is 11.5. The van der Waals surface area contributed by atoms with E-state index < -0.39 is 9.84 Å². The van der Waals surface area contributed by atoms with Gasteiger partial charge in [0, 0.05) is 24.3 Å². The number of benzene rings is 1. The number of hydrogen-bond acceptors (Lipinski definition) is 6. The smallest absolute Gasteiger partial charge is 0.257 e. The zero-order valence-corrected chi connectivity index (χ0v) is 11.5. The lowest BCUT2D eigenvalue weighted by molar-refractivity contribution is 0.420. The molecule has 1 aromatic heterocycles. The Morgan fingerprint density at radius 3 is 2.79 bits per heavy atom. The molecule has 19 heavy (non-hydrogen) atoms. The van der Waals surface area contributed by atoms with Crippen molar-refractivity contribution in [2.75, 3.05) is 6.26 Å². The van der Waals surface area contributed by atoms with Gasteiger partial charge in [0.1, 0.15) is 0 Å². The first-order valence-electron chi connectivity index (χ1n) is 5.75. The van der Waals surface area contributed by atoms with E-state index in [1.807, 2.05) is 6.92 Å². The molecule has 0 bridgehead atoms. The lowest BCUT2D eigenvalue weighted by atomic mass is 10.2. The van der Waals surface area contributed by atoms with Crippen molar-refractivity contribution < 1.29 is 12.9 Å². The molecule has 2 aromatic rings. The summed E-state index contributed by atoms with van der Waals surface area (Å²) in [6.07, 6.45) is 1.66. The van der Waals surface area contributed by atoms with E-state index in [4.69, 9.17) is 10.3 Å². The van der Waals surface area contributed by atoms with Crippen molar-refractivity contribution in [2.24, 2.45) is 5.73 Å². The van der Waals surface area contributed by atoms with Gasteiger partial charge in [-0.15, -0.1) is 0 Å². The molecule has 0 amide bonds. The van der Waals surface area contributed by atoms with Crippen LogP contribution in [0.4, 0.5) is 0 Å². The number of aromatic nitrogens is 2. The summed E-state index contributed by atoms with van der Waals surface area (Å²) in [6, 6.07) is 6.34. The Hall–Kier alpha value is -1.73. The maximum Gasteiger partial charge on any atom is 0.257 e. The van der Waals surface area contributed by atoms with Crippen LogP contribution in [0.25, 0.3) is 11.5 Å². The third kappa shape index (κ3) is 3.39. The van der Waals surface area contributed by atoms with Crippen LogP contribution >= 0.6 is 0 Å². The van der Waals surface area contributed by atoms with E-state index >= 15 is 0 Å². The summed E-state index contributed by atoms with van der Waals surface area (Å²) < 4.78 is 28.1. The molecular weight excluding hydrogens is 266 g/mol. The average molecular weight is 281 g/mol. The summed E-state index contributed by atoms with van der Waals surface area (Å²) in [4.78, 5) is 4.41. The van der Waals surface area contributed by atoms with E-state index in [-0.39, 0.29) is 10.9 Å². The summed E-state index contributed by atoms with van der Waals surface area (Å²) >= 11 is 0. The summed E-state index contributed by atoms with van der Waals surface area (Å²) in [5.74, 6) is 0.802. The first kappa shape index (κ1) is 13.7. The molecule has 0 spiro atoms. The van der Waals surface area contributed by atoms with Gasteiger partial charge in [0.05, 0.1) is 4.90 Å². The van der Waals surface area contributed by atoms with Crippen LogP contribution in [0.3, 0.4) is 0 Å². The lowest BCUT2D eigenvalue weighted by Crippen LogP contribution is -2.18. The molecular formula is C12H15N3O3S. The van der Waals surface area contributed by atoms with Crippen molar-refractivity contribution in [3.05, 3.63) is 30.1 Å². The van der Waals surface area contributed by atoms with Crippen molar-refractivity contribution in [1.82, 2.24) is 10.1 Å². The molecule has 2 rings (SSSR count). The Kier molecular flexibility index (Phi) is 3.68. The minimum absolute atomic E-state index is 0.0622. The molecule has 1 unspecified atom stereocenters. The normalized spacial score (nSPS) is 13.4. The highest BCUT2D eigenvalue weighted by molar-refractivity contribution is 7.90. The summed E-state index contributed by atoms with van der Waals surface area (Å²) in [5.41, 5.74) is 6.23. The number of hydrogen-bond donors (Lipinski definition) is 1. The highest BCUT2D eigenvalue weighted by atomic mass is 32.2. The molecule has 0 fully saturated rings. The Balaban J connectivity index is 2.34. The number of nitrogens with zero attached hydrogens (tertiary/aromatic N) is 2. The minimum Gasteiger partial charge on any atom is -0.334 e. The van der Waals surface area contributed by atoms with E-state index in [0.717, 1.165) is 6.26 Å². The molecule has 0 aliphatic carbocycles. The maximum absolute atomic E-state index is 11.5. The van der Waals surface area contributed by atoms with Crippen LogP contribution < -0.4 is 5.73 Å². The quantitative estimate of drug-likeness (QED) is 0.898. The van der Waals surface area contributed by atoms with Gasteiger partial charge in [-0.25, -0.2) is 8.42 Å². The standard InChI is InChI=1S/C12H15N3O3S/c1-8(13)6-11-14-12(18-15-11)9-4-3-5-10(7-9)19(2,16)17/h3-5,7-8H,6,13H2,1-2H3. The van der Waals surface area contributed by atoms with Gasteiger partial charge in [-0.3, -0.25) is 0 Å². The first-order valence-corrected chi connectivity index (χ1v) is 7.64. The van der Waals surface area contributed by atoms with Crippen LogP contribution in [0, 0.1) is 0 Å². The minimum atomic E-state index is -3.26. The zero-order valence-electron chi connectivity index (χ0n) is 10.7. The van der Waals surface area contributed by atoms with E-state index in [1.165, 1.54) is 12.1 Å². The second-order valence-corrected chi connectivity index (χ2v) is 6.51. The van der Waals surface area contributed by atoms with Gasteiger partial charge in [-0.1, -0.05) is 11.2 Å². The van der Waals surface area contributed by atoms with Crippen molar-refractivity contribution in [2.45, 2.75) is 24.3 Å². The van der Waals surface area contributed by atoms with Crippen LogP contribution in [0.2, 0.25) is 0 Å². The van der Waals surface area contributed by atoms with Gasteiger partial charge in [-0.2, -0.15) is 4.98 Å². The predicted octanol–water partition coefficient (Wildman–Crippen LogP) is 1.03. The largest absolute Gasteiger partial charge is 0.334 e. The molecule has 1 aromatic carbocycles. The summed E-state index contributed by atoms with van der Waals surface area (Å²) in [5, 5.41) is 3.81. The van der Waals surface area contributed by atoms with Gasteiger partial charge in [0.25, 0.3) is 5.89 Å². The molecule has 0 saturated heterocycles. The monoisotopic (exact) mass is 281 g/mol. The molecule has 2 N–H and O–H groups in total. The SMILES string of the molecule is CC(N)Cc1noc(-c2cccc(S(C)(=O)=O)c2)n1. The van der Waals surface area contributed by atoms with Crippen LogP contribution in [0.1, 0.15) is 12.7 Å². The highest BCUT2D eigenvalue weighted by Crippen LogP contribution is 2.21. The zero-order chi connectivity index (χ0) is 14.0. The van der Waals surface area contributed by atoms with E-state index in [2.05, 4.69) is 10.1 Å². The van der Waals surface area contributed by atoms with E-state index in [9.17, 15) is 8.42 Å². The fraction of sp³-hybridized carbons (Fsp3) is 0.333. The Labute approximate surface area is 111 Å². The highest BCUT2D eigenvalue weighted by Gasteiger charge is 2.13. The summed E-state index contributed by atoms with van der Waals surface area (Å²) in [7, 11) is -3.26. The van der Waals surface area contributed by atoms with Gasteiger partial charge < -0.3 is 10.3 Å². The fourth-order valence-corrected chi connectivity index (χ4v) is 2.27. The molecule has 6 nitrogen and oxygen atoms in total. The van der Waals surface area contributed by atoms with Gasteiger partial charge in [-0.05, 0) is 25.1 Å². The third-order valence-corrected chi connectivity index (χ3v) is 3.59. The number of rotatable bonds is 4. The lowest BCUT2D eigenvalue weighted by Gasteiger charge is -1.99. The molecule has 7 heteroatoms. The van der Waals surface area contributed by atoms with Crippen molar-refractivity contribution in [3.63, 3.8) is 0 Å². The predicted molar refractivity (Wildman–Crippen MR) is 70.2 cm³/mol. The molecule has 0 saturated carbocycles. The Bertz CT molecular complexity index is 677. The average Bonchev–Trinajstić information content (AvgIpc) is 2.76. The summed E-state index contributed by atoms with van der Waals surface area (Å²) in [6.45, 7) is 1.85. The Morgan fingerprint density at radius 1 is 1.42 bits per heavy atom. The van der Waals surface area contributed by atoms with Gasteiger partial charge in [0.15, 0.2) is 15.7 Å². The molecule has 0 radical (unpaired) electrons. The van der Waals surface area contributed by atoms with Crippen LogP contribution in [0.15, 0.2) is 33.7 Å². The molecule has 0 aliphatic rings. The molecule has 1 heterocycles. The second kappa shape index (κ2) is 5.10. The van der Waals surface area contributed by atoms with Crippen molar-refractivity contribution >= 4 is 9.84 Å². The van der Waals surface area contributed by atoms with E-state index in [0.29, 0.717) is 23.7 Å². The van der Waals surface area contributed by atoms with Gasteiger partial charge in [0.2, 0.25) is 0 Å². The number of nitrogens with two attached hydrogens (primary N) is 1. The van der Waals surface area contributed by atoms with E-state index in [1.54, 1.807) is 12.1 Å². The van der Waals surface area contributed by atoms with Crippen molar-refractivity contribution in [1.29, 1.82) is 0 Å². The molecule has 102 valence electrons. The second-order valence-electron chi connectivity index (χ2n) is 4.50.